The van der Waals surface area contributed by atoms with Crippen molar-refractivity contribution in [2.45, 2.75) is 33.2 Å². The molecule has 0 radical (unpaired) electrons. The van der Waals surface area contributed by atoms with Gasteiger partial charge in [0.05, 0.1) is 5.56 Å². The van der Waals surface area contributed by atoms with Crippen molar-refractivity contribution in [1.82, 2.24) is 19.3 Å². The van der Waals surface area contributed by atoms with Gasteiger partial charge < -0.3 is 14.4 Å². The predicted octanol–water partition coefficient (Wildman–Crippen LogP) is 4.35. The van der Waals surface area contributed by atoms with E-state index in [-0.39, 0.29) is 11.7 Å². The molecule has 0 unspecified atom stereocenters. The molecule has 2 aromatic carbocycles. The molecule has 34 heavy (non-hydrogen) atoms. The molecule has 0 spiro atoms. The summed E-state index contributed by atoms with van der Waals surface area (Å²) in [6.45, 7) is 10.1. The summed E-state index contributed by atoms with van der Waals surface area (Å²) in [4.78, 5) is 20.3. The maximum Gasteiger partial charge on any atom is 0.256 e. The highest BCUT2D eigenvalue weighted by atomic mass is 19.1. The summed E-state index contributed by atoms with van der Waals surface area (Å²) >= 11 is 0. The van der Waals surface area contributed by atoms with Gasteiger partial charge in [-0.1, -0.05) is 23.8 Å². The first kappa shape index (κ1) is 24.4. The first-order valence-corrected chi connectivity index (χ1v) is 12.3. The molecule has 1 amide bonds. The Morgan fingerprint density at radius 3 is 2.47 bits per heavy atom. The van der Waals surface area contributed by atoms with Crippen LogP contribution in [0.5, 0.6) is 0 Å². The van der Waals surface area contributed by atoms with Crippen molar-refractivity contribution in [1.29, 1.82) is 0 Å². The van der Waals surface area contributed by atoms with Crippen LogP contribution in [0.4, 0.5) is 4.39 Å². The van der Waals surface area contributed by atoms with Crippen molar-refractivity contribution in [2.24, 2.45) is 0 Å². The van der Waals surface area contributed by atoms with Gasteiger partial charge in [-0.3, -0.25) is 9.69 Å². The average molecular weight is 465 g/mol. The fourth-order valence-corrected chi connectivity index (χ4v) is 5.01. The predicted molar refractivity (Wildman–Crippen MR) is 137 cm³/mol. The van der Waals surface area contributed by atoms with Crippen molar-refractivity contribution in [3.05, 3.63) is 70.7 Å². The Hall–Kier alpha value is -2.70. The zero-order chi connectivity index (χ0) is 24.2. The monoisotopic (exact) mass is 464 g/mol. The maximum atomic E-state index is 13.7. The molecule has 0 N–H and O–H groups in total. The van der Waals surface area contributed by atoms with Crippen LogP contribution in [0.2, 0.25) is 0 Å². The molecular formula is C28H37FN4O. The minimum atomic E-state index is -0.181. The van der Waals surface area contributed by atoms with Crippen LogP contribution in [-0.2, 0) is 13.0 Å². The Bertz CT molecular complexity index is 1140. The molecular weight excluding hydrogens is 427 g/mol. The Morgan fingerprint density at radius 2 is 1.76 bits per heavy atom. The largest absolute Gasteiger partial charge is 0.344 e. The van der Waals surface area contributed by atoms with E-state index < -0.39 is 0 Å². The lowest BCUT2D eigenvalue weighted by Crippen LogP contribution is -2.49. The Kier molecular flexibility index (Phi) is 7.69. The van der Waals surface area contributed by atoms with Crippen molar-refractivity contribution in [3.63, 3.8) is 0 Å². The molecule has 1 aliphatic rings. The molecule has 0 bridgehead atoms. The lowest BCUT2D eigenvalue weighted by Gasteiger charge is -2.35. The smallest absolute Gasteiger partial charge is 0.256 e. The van der Waals surface area contributed by atoms with Crippen LogP contribution in [0.3, 0.4) is 0 Å². The second-order valence-electron chi connectivity index (χ2n) is 9.80. The Balaban J connectivity index is 1.45. The van der Waals surface area contributed by atoms with Crippen LogP contribution < -0.4 is 0 Å². The first-order valence-electron chi connectivity index (χ1n) is 12.3. The number of carbonyl (C=O) groups excluding carboxylic acids is 1. The van der Waals surface area contributed by atoms with Gasteiger partial charge in [0.2, 0.25) is 0 Å². The lowest BCUT2D eigenvalue weighted by molar-refractivity contribution is 0.0639. The number of amides is 1. The molecule has 0 atom stereocenters. The topological polar surface area (TPSA) is 31.7 Å². The highest BCUT2D eigenvalue weighted by Crippen LogP contribution is 2.29. The summed E-state index contributed by atoms with van der Waals surface area (Å²) in [5.74, 6) is -0.0383. The second-order valence-corrected chi connectivity index (χ2v) is 9.80. The summed E-state index contributed by atoms with van der Waals surface area (Å²) in [7, 11) is 4.19. The van der Waals surface area contributed by atoms with E-state index in [2.05, 4.69) is 60.5 Å². The molecule has 1 fully saturated rings. The van der Waals surface area contributed by atoms with Gasteiger partial charge in [-0.25, -0.2) is 4.39 Å². The van der Waals surface area contributed by atoms with Gasteiger partial charge in [0, 0.05) is 55.9 Å². The van der Waals surface area contributed by atoms with Crippen molar-refractivity contribution < 1.29 is 9.18 Å². The summed E-state index contributed by atoms with van der Waals surface area (Å²) in [6.07, 6.45) is 1.87. The van der Waals surface area contributed by atoms with E-state index in [9.17, 15) is 9.18 Å². The van der Waals surface area contributed by atoms with Crippen molar-refractivity contribution in [2.75, 3.05) is 53.4 Å². The van der Waals surface area contributed by atoms with E-state index in [0.717, 1.165) is 86.4 Å². The minimum absolute atomic E-state index is 0.143. The third kappa shape index (κ3) is 5.50. The third-order valence-corrected chi connectivity index (χ3v) is 6.95. The van der Waals surface area contributed by atoms with E-state index in [1.165, 1.54) is 11.6 Å². The van der Waals surface area contributed by atoms with E-state index in [4.69, 9.17) is 0 Å². The number of halogens is 1. The number of hydrogen-bond donors (Lipinski definition) is 0. The molecule has 1 saturated heterocycles. The molecule has 0 aliphatic carbocycles. The normalized spacial score (nSPS) is 14.9. The zero-order valence-electron chi connectivity index (χ0n) is 21.0. The standard InChI is InChI=1S/C28H37FN4O/c1-21-9-10-26-25(19-21)27(22(2)33(26)13-6-12-30(3)4)28(34)32-17-15-31(16-18-32)14-11-23-7-5-8-24(29)20-23/h5,7-10,19-20H,6,11-18H2,1-4H3. The number of carbonyl (C=O) groups is 1. The van der Waals surface area contributed by atoms with Crippen molar-refractivity contribution >= 4 is 16.8 Å². The molecule has 6 heteroatoms. The Labute approximate surface area is 202 Å². The summed E-state index contributed by atoms with van der Waals surface area (Å²) < 4.78 is 15.8. The number of fused-ring (bicyclic) bond motifs is 1. The third-order valence-electron chi connectivity index (χ3n) is 6.95. The summed E-state index contributed by atoms with van der Waals surface area (Å²) in [5, 5.41) is 1.07. The maximum absolute atomic E-state index is 13.7. The fourth-order valence-electron chi connectivity index (χ4n) is 5.01. The number of rotatable bonds is 8. The molecule has 0 saturated carbocycles. The van der Waals surface area contributed by atoms with E-state index in [1.807, 2.05) is 11.0 Å². The van der Waals surface area contributed by atoms with Gasteiger partial charge in [0.1, 0.15) is 5.82 Å². The number of piperazine rings is 1. The van der Waals surface area contributed by atoms with Gasteiger partial charge in [-0.15, -0.1) is 0 Å². The number of aromatic nitrogens is 1. The SMILES string of the molecule is Cc1ccc2c(c1)c(C(=O)N1CCN(CCc3cccc(F)c3)CC1)c(C)n2CCCN(C)C. The van der Waals surface area contributed by atoms with E-state index >= 15 is 0 Å². The van der Waals surface area contributed by atoms with Crippen LogP contribution in [0, 0.1) is 19.7 Å². The van der Waals surface area contributed by atoms with Crippen molar-refractivity contribution in [3.8, 4) is 0 Å². The first-order chi connectivity index (χ1) is 16.3. The minimum Gasteiger partial charge on any atom is -0.344 e. The van der Waals surface area contributed by atoms with Gasteiger partial charge in [-0.2, -0.15) is 0 Å². The van der Waals surface area contributed by atoms with E-state index in [1.54, 1.807) is 12.1 Å². The summed E-state index contributed by atoms with van der Waals surface area (Å²) in [6, 6.07) is 13.3. The quantitative estimate of drug-likeness (QED) is 0.497. The molecule has 182 valence electrons. The van der Waals surface area contributed by atoms with Crippen LogP contribution in [-0.4, -0.2) is 78.5 Å². The fraction of sp³-hybridized carbons (Fsp3) is 0.464. The number of aryl methyl sites for hydroxylation is 2. The van der Waals surface area contributed by atoms with Crippen LogP contribution in [0.1, 0.15) is 33.6 Å². The second kappa shape index (κ2) is 10.7. The van der Waals surface area contributed by atoms with Crippen LogP contribution in [0.25, 0.3) is 10.9 Å². The average Bonchev–Trinajstić information content (AvgIpc) is 3.08. The molecule has 3 aromatic rings. The number of benzene rings is 2. The van der Waals surface area contributed by atoms with Gasteiger partial charge >= 0.3 is 0 Å². The molecule has 5 nitrogen and oxygen atoms in total. The lowest BCUT2D eigenvalue weighted by atomic mass is 10.1. The summed E-state index contributed by atoms with van der Waals surface area (Å²) in [5.41, 5.74) is 5.27. The van der Waals surface area contributed by atoms with Gasteiger partial charge in [0.15, 0.2) is 0 Å². The molecule has 1 aliphatic heterocycles. The number of hydrogen-bond acceptors (Lipinski definition) is 3. The van der Waals surface area contributed by atoms with Crippen LogP contribution in [0.15, 0.2) is 42.5 Å². The highest BCUT2D eigenvalue weighted by Gasteiger charge is 2.27. The molecule has 4 rings (SSSR count). The van der Waals surface area contributed by atoms with Gasteiger partial charge in [0.25, 0.3) is 5.91 Å². The zero-order valence-corrected chi connectivity index (χ0v) is 21.0. The van der Waals surface area contributed by atoms with E-state index in [0.29, 0.717) is 0 Å². The highest BCUT2D eigenvalue weighted by molar-refractivity contribution is 6.08. The molecule has 1 aromatic heterocycles. The number of nitrogens with zero attached hydrogens (tertiary/aromatic N) is 4. The Morgan fingerprint density at radius 1 is 1.00 bits per heavy atom. The van der Waals surface area contributed by atoms with Crippen LogP contribution >= 0.6 is 0 Å². The van der Waals surface area contributed by atoms with Gasteiger partial charge in [-0.05, 0) is 77.2 Å². The molecule has 2 heterocycles.